The Morgan fingerprint density at radius 3 is 2.57 bits per heavy atom. The number of rotatable bonds is 4. The van der Waals surface area contributed by atoms with E-state index in [1.54, 1.807) is 5.41 Å². The minimum Gasteiger partial charge on any atom is -0.330 e. The highest BCUT2D eigenvalue weighted by Crippen LogP contribution is 2.09. The lowest BCUT2D eigenvalue weighted by Crippen LogP contribution is -1.95. The molecule has 1 atom stereocenters. The zero-order chi connectivity index (χ0) is 10.4. The second-order valence-corrected chi connectivity index (χ2v) is 4.40. The number of hydrogen-bond donors (Lipinski definition) is 1. The van der Waals surface area contributed by atoms with Crippen molar-refractivity contribution in [1.29, 1.82) is 0 Å². The first-order valence-electron chi connectivity index (χ1n) is 4.58. The Morgan fingerprint density at radius 2 is 2.00 bits per heavy atom. The van der Waals surface area contributed by atoms with Crippen LogP contribution in [0, 0.1) is 6.92 Å². The quantitative estimate of drug-likeness (QED) is 0.823. The Bertz CT molecular complexity index is 330. The van der Waals surface area contributed by atoms with E-state index in [4.69, 9.17) is 5.73 Å². The molecular formula is C11H15NOS. The molecule has 0 aromatic heterocycles. The van der Waals surface area contributed by atoms with Gasteiger partial charge < -0.3 is 5.73 Å². The second-order valence-electron chi connectivity index (χ2n) is 3.06. The van der Waals surface area contributed by atoms with Crippen molar-refractivity contribution in [2.45, 2.75) is 18.2 Å². The molecule has 0 saturated heterocycles. The molecule has 0 radical (unpaired) electrons. The van der Waals surface area contributed by atoms with Crippen LogP contribution in [-0.2, 0) is 10.8 Å². The first-order valence-corrected chi connectivity index (χ1v) is 5.79. The van der Waals surface area contributed by atoms with Gasteiger partial charge in [0.2, 0.25) is 0 Å². The van der Waals surface area contributed by atoms with Gasteiger partial charge in [-0.1, -0.05) is 23.8 Å². The molecule has 2 nitrogen and oxygen atoms in total. The van der Waals surface area contributed by atoms with Crippen molar-refractivity contribution in [3.63, 3.8) is 0 Å². The zero-order valence-electron chi connectivity index (χ0n) is 8.27. The summed E-state index contributed by atoms with van der Waals surface area (Å²) < 4.78 is 11.6. The molecule has 14 heavy (non-hydrogen) atoms. The Morgan fingerprint density at radius 1 is 1.36 bits per heavy atom. The summed E-state index contributed by atoms with van der Waals surface area (Å²) >= 11 is 0. The fourth-order valence-corrected chi connectivity index (χ4v) is 1.87. The third kappa shape index (κ3) is 3.44. The monoisotopic (exact) mass is 209 g/mol. The normalized spacial score (nSPS) is 13.3. The molecule has 0 heterocycles. The fraction of sp³-hybridized carbons (Fsp3) is 0.273. The van der Waals surface area contributed by atoms with E-state index in [1.165, 1.54) is 5.56 Å². The van der Waals surface area contributed by atoms with Crippen molar-refractivity contribution in [2.24, 2.45) is 5.73 Å². The largest absolute Gasteiger partial charge is 0.330 e. The first-order chi connectivity index (χ1) is 6.74. The van der Waals surface area contributed by atoms with Gasteiger partial charge in [-0.15, -0.1) is 0 Å². The molecule has 3 heteroatoms. The average Bonchev–Trinajstić information content (AvgIpc) is 2.19. The van der Waals surface area contributed by atoms with Gasteiger partial charge in [0.25, 0.3) is 0 Å². The van der Waals surface area contributed by atoms with Crippen LogP contribution in [0.1, 0.15) is 12.0 Å². The molecule has 1 aromatic carbocycles. The summed E-state index contributed by atoms with van der Waals surface area (Å²) in [7, 11) is -1.03. The number of nitrogens with two attached hydrogens (primary N) is 1. The Labute approximate surface area is 87.3 Å². The highest BCUT2D eigenvalue weighted by Gasteiger charge is 1.97. The van der Waals surface area contributed by atoms with E-state index in [9.17, 15) is 4.21 Å². The summed E-state index contributed by atoms with van der Waals surface area (Å²) in [5.74, 6) is 0. The fourth-order valence-electron chi connectivity index (χ4n) is 1.00. The molecule has 0 spiro atoms. The van der Waals surface area contributed by atoms with E-state index in [0.717, 1.165) is 11.3 Å². The molecule has 76 valence electrons. The van der Waals surface area contributed by atoms with Crippen LogP contribution in [0.15, 0.2) is 40.6 Å². The zero-order valence-corrected chi connectivity index (χ0v) is 9.09. The lowest BCUT2D eigenvalue weighted by Gasteiger charge is -1.97. The van der Waals surface area contributed by atoms with E-state index in [1.807, 2.05) is 37.3 Å². The molecule has 0 bridgehead atoms. The third-order valence-corrected chi connectivity index (χ3v) is 2.98. The number of aryl methyl sites for hydroxylation is 1. The van der Waals surface area contributed by atoms with Crippen LogP contribution in [0.3, 0.4) is 0 Å². The first kappa shape index (κ1) is 11.1. The van der Waals surface area contributed by atoms with Crippen molar-refractivity contribution in [1.82, 2.24) is 0 Å². The topological polar surface area (TPSA) is 43.1 Å². The van der Waals surface area contributed by atoms with Crippen LogP contribution in [0.4, 0.5) is 0 Å². The molecule has 0 amide bonds. The molecule has 0 saturated carbocycles. The predicted octanol–water partition coefficient (Wildman–Crippen LogP) is 1.97. The minimum atomic E-state index is -1.03. The molecule has 1 aromatic rings. The van der Waals surface area contributed by atoms with Gasteiger partial charge in [0.15, 0.2) is 0 Å². The van der Waals surface area contributed by atoms with E-state index in [-0.39, 0.29) is 0 Å². The molecule has 1 rings (SSSR count). The minimum absolute atomic E-state index is 0.599. The van der Waals surface area contributed by atoms with Crippen molar-refractivity contribution < 1.29 is 4.21 Å². The molecule has 0 aliphatic heterocycles. The summed E-state index contributed by atoms with van der Waals surface area (Å²) in [6, 6.07) is 7.70. The summed E-state index contributed by atoms with van der Waals surface area (Å²) in [5.41, 5.74) is 6.50. The molecule has 0 aliphatic rings. The Kier molecular flexibility index (Phi) is 4.56. The molecular weight excluding hydrogens is 194 g/mol. The summed E-state index contributed by atoms with van der Waals surface area (Å²) in [6.45, 7) is 2.61. The smallest absolute Gasteiger partial charge is 0.0772 e. The van der Waals surface area contributed by atoms with Gasteiger partial charge in [-0.05, 0) is 32.0 Å². The van der Waals surface area contributed by atoms with Crippen LogP contribution in [0.2, 0.25) is 0 Å². The summed E-state index contributed by atoms with van der Waals surface area (Å²) in [6.07, 6.45) is 2.63. The van der Waals surface area contributed by atoms with Crippen LogP contribution >= 0.6 is 0 Å². The lowest BCUT2D eigenvalue weighted by atomic mass is 10.2. The average molecular weight is 209 g/mol. The van der Waals surface area contributed by atoms with E-state index >= 15 is 0 Å². The number of hydrogen-bond acceptors (Lipinski definition) is 2. The highest BCUT2D eigenvalue weighted by molar-refractivity contribution is 7.88. The maximum absolute atomic E-state index is 11.6. The maximum atomic E-state index is 11.6. The molecule has 2 N–H and O–H groups in total. The number of benzene rings is 1. The maximum Gasteiger partial charge on any atom is 0.0772 e. The van der Waals surface area contributed by atoms with Gasteiger partial charge in [-0.25, -0.2) is 4.21 Å². The molecule has 0 fully saturated rings. The van der Waals surface area contributed by atoms with E-state index < -0.39 is 10.8 Å². The van der Waals surface area contributed by atoms with Gasteiger partial charge in [-0.2, -0.15) is 0 Å². The van der Waals surface area contributed by atoms with Gasteiger partial charge in [0.05, 0.1) is 10.8 Å². The summed E-state index contributed by atoms with van der Waals surface area (Å²) in [4.78, 5) is 0.837. The van der Waals surface area contributed by atoms with Gasteiger partial charge in [0, 0.05) is 10.3 Å². The summed E-state index contributed by atoms with van der Waals surface area (Å²) in [5, 5.41) is 1.69. The van der Waals surface area contributed by atoms with Gasteiger partial charge >= 0.3 is 0 Å². The van der Waals surface area contributed by atoms with Crippen molar-refractivity contribution in [3.05, 3.63) is 41.3 Å². The standard InChI is InChI=1S/C11H15NOS/c1-10-4-6-11(7-5-10)14(13)9-3-2-8-12/h3-7,9H,2,8,12H2,1H3/b9-3+. The van der Waals surface area contributed by atoms with Crippen LogP contribution in [-0.4, -0.2) is 10.8 Å². The van der Waals surface area contributed by atoms with Gasteiger partial charge in [-0.3, -0.25) is 0 Å². The van der Waals surface area contributed by atoms with Crippen LogP contribution < -0.4 is 5.73 Å². The van der Waals surface area contributed by atoms with E-state index in [2.05, 4.69) is 0 Å². The van der Waals surface area contributed by atoms with Crippen LogP contribution in [0.5, 0.6) is 0 Å². The molecule has 1 unspecified atom stereocenters. The highest BCUT2D eigenvalue weighted by atomic mass is 32.2. The lowest BCUT2D eigenvalue weighted by molar-refractivity contribution is 0.688. The Hall–Kier alpha value is -0.930. The van der Waals surface area contributed by atoms with Crippen molar-refractivity contribution in [2.75, 3.05) is 6.54 Å². The van der Waals surface area contributed by atoms with Crippen molar-refractivity contribution in [3.8, 4) is 0 Å². The SMILES string of the molecule is Cc1ccc(S(=O)/C=C/CCN)cc1. The predicted molar refractivity (Wildman–Crippen MR) is 60.4 cm³/mol. The molecule has 0 aliphatic carbocycles. The second kappa shape index (κ2) is 5.73. The van der Waals surface area contributed by atoms with Crippen molar-refractivity contribution >= 4 is 10.8 Å². The third-order valence-electron chi connectivity index (χ3n) is 1.81. The van der Waals surface area contributed by atoms with E-state index in [0.29, 0.717) is 6.54 Å². The Balaban J connectivity index is 2.65. The van der Waals surface area contributed by atoms with Crippen LogP contribution in [0.25, 0.3) is 0 Å². The van der Waals surface area contributed by atoms with Gasteiger partial charge in [0.1, 0.15) is 0 Å².